The summed E-state index contributed by atoms with van der Waals surface area (Å²) in [7, 11) is 0. The Morgan fingerprint density at radius 2 is 1.94 bits per heavy atom. The van der Waals surface area contributed by atoms with E-state index in [9.17, 15) is 10.1 Å². The number of nitriles is 1. The molecule has 1 aromatic heterocycles. The van der Waals surface area contributed by atoms with E-state index >= 15 is 0 Å². The highest BCUT2D eigenvalue weighted by Crippen LogP contribution is 2.42. The number of allylic oxidation sites excluding steroid dienone is 1. The van der Waals surface area contributed by atoms with Gasteiger partial charge in [0.25, 0.3) is 0 Å². The predicted octanol–water partition coefficient (Wildman–Crippen LogP) is 5.73. The lowest BCUT2D eigenvalue weighted by Crippen LogP contribution is -2.46. The second-order valence-corrected chi connectivity index (χ2v) is 9.59. The van der Waals surface area contributed by atoms with Crippen LogP contribution in [0.15, 0.2) is 81.9 Å². The molecule has 1 amide bonds. The maximum absolute atomic E-state index is 13.1. The Kier molecular flexibility index (Phi) is 6.63. The number of hydrogen-bond acceptors (Lipinski definition) is 6. The molecule has 0 unspecified atom stereocenters. The smallest absolute Gasteiger partial charge is 0.229 e. The van der Waals surface area contributed by atoms with Crippen LogP contribution in [0.4, 0.5) is 0 Å². The van der Waals surface area contributed by atoms with Crippen LogP contribution in [0.5, 0.6) is 5.75 Å². The molecule has 0 aliphatic carbocycles. The van der Waals surface area contributed by atoms with E-state index < -0.39 is 0 Å². The van der Waals surface area contributed by atoms with Crippen LogP contribution in [0.1, 0.15) is 29.2 Å². The number of furan rings is 1. The average Bonchev–Trinajstić information content (AvgIpc) is 3.37. The molecule has 1 saturated heterocycles. The molecular weight excluding hydrogens is 470 g/mol. The van der Waals surface area contributed by atoms with Crippen molar-refractivity contribution in [1.29, 1.82) is 5.26 Å². The van der Waals surface area contributed by atoms with Crippen molar-refractivity contribution in [3.8, 4) is 11.8 Å². The molecule has 1 fully saturated rings. The molecule has 0 N–H and O–H groups in total. The lowest BCUT2D eigenvalue weighted by Gasteiger charge is -2.41. The molecule has 0 bridgehead atoms. The number of ether oxygens (including phenoxy) is 1. The molecule has 2 aliphatic heterocycles. The third kappa shape index (κ3) is 4.85. The Morgan fingerprint density at radius 1 is 1.15 bits per heavy atom. The summed E-state index contributed by atoms with van der Waals surface area (Å²) in [6, 6.07) is 21.4. The maximum atomic E-state index is 13.1. The summed E-state index contributed by atoms with van der Waals surface area (Å²) in [5.41, 5.74) is 2.62. The Bertz CT molecular complexity index is 1230. The van der Waals surface area contributed by atoms with E-state index in [0.29, 0.717) is 36.3 Å². The lowest BCUT2D eigenvalue weighted by atomic mass is 9.86. The Hall–Kier alpha value is -3.18. The van der Waals surface area contributed by atoms with Gasteiger partial charge in [0.05, 0.1) is 42.0 Å². The van der Waals surface area contributed by atoms with Crippen molar-refractivity contribution in [3.63, 3.8) is 0 Å². The summed E-state index contributed by atoms with van der Waals surface area (Å²) < 4.78 is 11.3. The molecule has 34 heavy (non-hydrogen) atoms. The van der Waals surface area contributed by atoms with Gasteiger partial charge in [-0.25, -0.2) is 0 Å². The standard InChI is InChI=1S/C26H22ClN3O3S/c27-20-7-3-18(4-8-20)15-33-21-9-5-19(6-10-21)23-12-25(31)30-16-29(14-22-2-1-11-32-22)17-34-26(30)24(23)13-28/h1-11,23H,12,14-17H2/t23-/m0/s1. The number of carbonyl (C=O) groups excluding carboxylic acids is 1. The van der Waals surface area contributed by atoms with Gasteiger partial charge in [0.15, 0.2) is 0 Å². The molecule has 1 atom stereocenters. The predicted molar refractivity (Wildman–Crippen MR) is 131 cm³/mol. The number of fused-ring (bicyclic) bond motifs is 1. The number of carbonyl (C=O) groups is 1. The molecule has 2 aliphatic rings. The van der Waals surface area contributed by atoms with Gasteiger partial charge >= 0.3 is 0 Å². The number of hydrogen-bond donors (Lipinski definition) is 0. The largest absolute Gasteiger partial charge is 0.489 e. The summed E-state index contributed by atoms with van der Waals surface area (Å²) >= 11 is 7.46. The first-order valence-corrected chi connectivity index (χ1v) is 12.3. The second kappa shape index (κ2) is 9.98. The van der Waals surface area contributed by atoms with Gasteiger partial charge in [-0.15, -0.1) is 0 Å². The summed E-state index contributed by atoms with van der Waals surface area (Å²) in [5.74, 6) is 2.05. The first-order valence-electron chi connectivity index (χ1n) is 10.9. The van der Waals surface area contributed by atoms with Crippen LogP contribution in [0, 0.1) is 11.3 Å². The SMILES string of the molecule is N#CC1=C2SCN(Cc3ccco3)CN2C(=O)C[C@H]1c1ccc(OCc2ccc(Cl)cc2)cc1. The fourth-order valence-corrected chi connectivity index (χ4v) is 5.42. The van der Waals surface area contributed by atoms with E-state index in [-0.39, 0.29) is 18.2 Å². The lowest BCUT2D eigenvalue weighted by molar-refractivity contribution is -0.132. The number of thioether (sulfide) groups is 1. The molecule has 5 rings (SSSR count). The fraction of sp³-hybridized carbons (Fsp3) is 0.231. The molecule has 0 radical (unpaired) electrons. The third-order valence-electron chi connectivity index (χ3n) is 5.91. The van der Waals surface area contributed by atoms with Gasteiger partial charge in [0.2, 0.25) is 5.91 Å². The van der Waals surface area contributed by atoms with E-state index in [2.05, 4.69) is 11.0 Å². The van der Waals surface area contributed by atoms with E-state index in [0.717, 1.165) is 27.7 Å². The van der Waals surface area contributed by atoms with Gasteiger partial charge in [-0.3, -0.25) is 14.6 Å². The average molecular weight is 492 g/mol. The molecule has 172 valence electrons. The molecule has 3 aromatic rings. The molecule has 2 aromatic carbocycles. The van der Waals surface area contributed by atoms with Crippen molar-refractivity contribution < 1.29 is 13.9 Å². The zero-order chi connectivity index (χ0) is 23.5. The van der Waals surface area contributed by atoms with Crippen molar-refractivity contribution in [2.45, 2.75) is 25.5 Å². The molecular formula is C26H22ClN3O3S. The maximum Gasteiger partial charge on any atom is 0.229 e. The van der Waals surface area contributed by atoms with Gasteiger partial charge in [0, 0.05) is 17.4 Å². The van der Waals surface area contributed by atoms with Crippen LogP contribution in [0.3, 0.4) is 0 Å². The van der Waals surface area contributed by atoms with Crippen molar-refractivity contribution in [1.82, 2.24) is 9.80 Å². The van der Waals surface area contributed by atoms with E-state index in [1.807, 2.05) is 60.7 Å². The number of rotatable bonds is 6. The summed E-state index contributed by atoms with van der Waals surface area (Å²) in [6.07, 6.45) is 1.92. The minimum Gasteiger partial charge on any atom is -0.489 e. The first kappa shape index (κ1) is 22.6. The van der Waals surface area contributed by atoms with Crippen LogP contribution in [-0.2, 0) is 17.9 Å². The van der Waals surface area contributed by atoms with Crippen LogP contribution in [-0.4, -0.2) is 28.3 Å². The summed E-state index contributed by atoms with van der Waals surface area (Å²) in [4.78, 5) is 16.9. The van der Waals surface area contributed by atoms with Gasteiger partial charge in [-0.2, -0.15) is 5.26 Å². The molecule has 6 nitrogen and oxygen atoms in total. The minimum absolute atomic E-state index is 0.0266. The van der Waals surface area contributed by atoms with E-state index in [1.54, 1.807) is 11.2 Å². The van der Waals surface area contributed by atoms with Crippen LogP contribution < -0.4 is 4.74 Å². The minimum atomic E-state index is -0.252. The van der Waals surface area contributed by atoms with Gasteiger partial charge in [-0.1, -0.05) is 47.6 Å². The highest BCUT2D eigenvalue weighted by atomic mass is 35.5. The van der Waals surface area contributed by atoms with Gasteiger partial charge in [-0.05, 0) is 47.5 Å². The normalized spacial score (nSPS) is 18.5. The van der Waals surface area contributed by atoms with Crippen molar-refractivity contribution in [3.05, 3.63) is 99.4 Å². The third-order valence-corrected chi connectivity index (χ3v) is 7.37. The van der Waals surface area contributed by atoms with Crippen LogP contribution >= 0.6 is 23.4 Å². The van der Waals surface area contributed by atoms with Crippen LogP contribution in [0.2, 0.25) is 5.02 Å². The quantitative estimate of drug-likeness (QED) is 0.438. The molecule has 0 spiro atoms. The zero-order valence-electron chi connectivity index (χ0n) is 18.3. The van der Waals surface area contributed by atoms with Gasteiger partial charge < -0.3 is 9.15 Å². The number of amides is 1. The Labute approximate surface area is 207 Å². The number of nitrogens with zero attached hydrogens (tertiary/aromatic N) is 3. The van der Waals surface area contributed by atoms with Gasteiger partial charge in [0.1, 0.15) is 18.1 Å². The monoisotopic (exact) mass is 491 g/mol. The first-order chi connectivity index (χ1) is 16.6. The van der Waals surface area contributed by atoms with Crippen LogP contribution in [0.25, 0.3) is 0 Å². The Morgan fingerprint density at radius 3 is 2.65 bits per heavy atom. The molecule has 3 heterocycles. The highest BCUT2D eigenvalue weighted by molar-refractivity contribution is 8.03. The van der Waals surface area contributed by atoms with Crippen molar-refractivity contribution in [2.75, 3.05) is 12.5 Å². The van der Waals surface area contributed by atoms with E-state index in [4.69, 9.17) is 20.8 Å². The molecule has 8 heteroatoms. The summed E-state index contributed by atoms with van der Waals surface area (Å²) in [5, 5.41) is 11.4. The van der Waals surface area contributed by atoms with Crippen molar-refractivity contribution in [2.24, 2.45) is 0 Å². The molecule has 0 saturated carbocycles. The Balaban J connectivity index is 1.29. The fourth-order valence-electron chi connectivity index (χ4n) is 4.16. The van der Waals surface area contributed by atoms with E-state index in [1.165, 1.54) is 11.8 Å². The number of benzene rings is 2. The van der Waals surface area contributed by atoms with Crippen molar-refractivity contribution >= 4 is 29.3 Å². The summed E-state index contributed by atoms with van der Waals surface area (Å²) in [6.45, 7) is 1.52. The second-order valence-electron chi connectivity index (χ2n) is 8.22. The number of halogens is 1. The zero-order valence-corrected chi connectivity index (χ0v) is 19.9. The highest BCUT2D eigenvalue weighted by Gasteiger charge is 2.38. The topological polar surface area (TPSA) is 69.7 Å².